The van der Waals surface area contributed by atoms with Gasteiger partial charge in [0.2, 0.25) is 5.91 Å². The molecule has 1 aliphatic heterocycles. The number of fused-ring (bicyclic) bond motifs is 2. The third kappa shape index (κ3) is 4.88. The topological polar surface area (TPSA) is 74.3 Å². The highest BCUT2D eigenvalue weighted by Crippen LogP contribution is 2.33. The van der Waals surface area contributed by atoms with Crippen LogP contribution in [-0.2, 0) is 17.6 Å². The summed E-state index contributed by atoms with van der Waals surface area (Å²) in [7, 11) is 0. The maximum absolute atomic E-state index is 12.8. The molecular formula is C26H26N4O2S. The zero-order valence-electron chi connectivity index (χ0n) is 18.3. The van der Waals surface area contributed by atoms with Crippen molar-refractivity contribution in [2.24, 2.45) is 0 Å². The summed E-state index contributed by atoms with van der Waals surface area (Å²) < 4.78 is 0. The van der Waals surface area contributed by atoms with Gasteiger partial charge in [-0.3, -0.25) is 9.69 Å². The first-order valence-electron chi connectivity index (χ1n) is 11.3. The Kier molecular flexibility index (Phi) is 6.30. The Hall–Kier alpha value is -3.32. The molecule has 1 atom stereocenters. The molecule has 0 bridgehead atoms. The highest BCUT2D eigenvalue weighted by Gasteiger charge is 2.24. The number of aryl methyl sites for hydroxylation is 1. The van der Waals surface area contributed by atoms with Crippen molar-refractivity contribution < 1.29 is 9.59 Å². The zero-order valence-corrected chi connectivity index (χ0v) is 19.1. The van der Waals surface area contributed by atoms with Crippen LogP contribution < -0.4 is 15.5 Å². The summed E-state index contributed by atoms with van der Waals surface area (Å²) in [6.07, 6.45) is 5.20. The number of hydrogen-bond donors (Lipinski definition) is 2. The van der Waals surface area contributed by atoms with E-state index in [0.717, 1.165) is 41.3 Å². The van der Waals surface area contributed by atoms with Gasteiger partial charge in [-0.1, -0.05) is 36.4 Å². The van der Waals surface area contributed by atoms with Crippen LogP contribution >= 0.6 is 11.8 Å². The Morgan fingerprint density at radius 1 is 1.06 bits per heavy atom. The van der Waals surface area contributed by atoms with Gasteiger partial charge >= 0.3 is 6.03 Å². The molecule has 1 aliphatic carbocycles. The first kappa shape index (κ1) is 21.5. The molecule has 2 aromatic carbocycles. The number of pyridine rings is 1. The smallest absolute Gasteiger partial charge is 0.326 e. The van der Waals surface area contributed by atoms with E-state index in [1.165, 1.54) is 11.1 Å². The highest BCUT2D eigenvalue weighted by molar-refractivity contribution is 7.99. The van der Waals surface area contributed by atoms with Crippen LogP contribution in [0.1, 0.15) is 35.6 Å². The minimum absolute atomic E-state index is 0.0170. The highest BCUT2D eigenvalue weighted by atomic mass is 32.2. The van der Waals surface area contributed by atoms with E-state index < -0.39 is 0 Å². The van der Waals surface area contributed by atoms with Gasteiger partial charge in [0, 0.05) is 24.2 Å². The average Bonchev–Trinajstić information content (AvgIpc) is 2.85. The average molecular weight is 459 g/mol. The van der Waals surface area contributed by atoms with Crippen LogP contribution in [-0.4, -0.2) is 29.2 Å². The lowest BCUT2D eigenvalue weighted by Crippen LogP contribution is -2.38. The van der Waals surface area contributed by atoms with Gasteiger partial charge in [-0.25, -0.2) is 9.78 Å². The summed E-state index contributed by atoms with van der Waals surface area (Å²) in [5.41, 5.74) is 5.03. The van der Waals surface area contributed by atoms with Crippen molar-refractivity contribution in [2.45, 2.75) is 36.8 Å². The van der Waals surface area contributed by atoms with Crippen molar-refractivity contribution in [3.8, 4) is 0 Å². The number of hydrogen-bond acceptors (Lipinski definition) is 4. The number of amides is 3. The van der Waals surface area contributed by atoms with E-state index in [-0.39, 0.29) is 18.0 Å². The maximum atomic E-state index is 12.8. The molecule has 3 aromatic rings. The van der Waals surface area contributed by atoms with Crippen LogP contribution in [0.2, 0.25) is 0 Å². The number of carbonyl (C=O) groups is 2. The number of urea groups is 1. The Morgan fingerprint density at radius 3 is 2.79 bits per heavy atom. The third-order valence-corrected chi connectivity index (χ3v) is 7.09. The molecule has 7 heteroatoms. The lowest BCUT2D eigenvalue weighted by atomic mass is 9.87. The van der Waals surface area contributed by atoms with Crippen LogP contribution in [0.3, 0.4) is 0 Å². The van der Waals surface area contributed by atoms with E-state index in [1.54, 1.807) is 22.9 Å². The van der Waals surface area contributed by atoms with Crippen molar-refractivity contribution in [3.05, 3.63) is 83.6 Å². The normalized spacial score (nSPS) is 17.0. The zero-order chi connectivity index (χ0) is 22.6. The Morgan fingerprint density at radius 2 is 1.91 bits per heavy atom. The second-order valence-electron chi connectivity index (χ2n) is 8.34. The van der Waals surface area contributed by atoms with Gasteiger partial charge in [0.05, 0.1) is 18.2 Å². The molecule has 2 aliphatic rings. The number of thioether (sulfide) groups is 1. The third-order valence-electron chi connectivity index (χ3n) is 6.12. The molecule has 2 heterocycles. The van der Waals surface area contributed by atoms with Crippen molar-refractivity contribution in [1.82, 2.24) is 10.3 Å². The molecule has 0 radical (unpaired) electrons. The number of carbonyl (C=O) groups excluding carboxylic acids is 2. The van der Waals surface area contributed by atoms with E-state index in [9.17, 15) is 9.59 Å². The molecule has 0 spiro atoms. The molecule has 0 fully saturated rings. The van der Waals surface area contributed by atoms with Crippen molar-refractivity contribution in [3.63, 3.8) is 0 Å². The number of aromatic nitrogens is 1. The number of nitrogens with one attached hydrogen (secondary N) is 2. The summed E-state index contributed by atoms with van der Waals surface area (Å²) >= 11 is 1.66. The lowest BCUT2D eigenvalue weighted by molar-refractivity contribution is -0.121. The first-order valence-corrected chi connectivity index (χ1v) is 12.3. The molecule has 0 unspecified atom stereocenters. The lowest BCUT2D eigenvalue weighted by Gasteiger charge is -2.28. The van der Waals surface area contributed by atoms with Gasteiger partial charge in [-0.2, -0.15) is 0 Å². The number of anilines is 2. The van der Waals surface area contributed by atoms with Crippen molar-refractivity contribution in [1.29, 1.82) is 0 Å². The van der Waals surface area contributed by atoms with Crippen LogP contribution in [0, 0.1) is 0 Å². The number of rotatable bonds is 4. The molecule has 2 N–H and O–H groups in total. The molecule has 0 saturated heterocycles. The van der Waals surface area contributed by atoms with Crippen LogP contribution in [0.25, 0.3) is 0 Å². The van der Waals surface area contributed by atoms with Gasteiger partial charge < -0.3 is 10.6 Å². The molecule has 5 rings (SSSR count). The fourth-order valence-electron chi connectivity index (χ4n) is 4.50. The molecule has 33 heavy (non-hydrogen) atoms. The molecular weight excluding hydrogens is 432 g/mol. The predicted molar refractivity (Wildman–Crippen MR) is 132 cm³/mol. The monoisotopic (exact) mass is 458 g/mol. The van der Waals surface area contributed by atoms with Gasteiger partial charge in [-0.05, 0) is 60.2 Å². The van der Waals surface area contributed by atoms with E-state index in [2.05, 4.69) is 33.8 Å². The van der Waals surface area contributed by atoms with E-state index >= 15 is 0 Å². The molecule has 1 aromatic heterocycles. The molecule has 6 nitrogen and oxygen atoms in total. The SMILES string of the molecule is O=C(Cc1ccc(NC(=O)N2CCSc3ncccc32)cc1)N[C@@H]1CCCc2ccccc21. The van der Waals surface area contributed by atoms with Crippen LogP contribution in [0.15, 0.2) is 71.9 Å². The summed E-state index contributed by atoms with van der Waals surface area (Å²) in [5.74, 6) is 0.833. The summed E-state index contributed by atoms with van der Waals surface area (Å²) in [6, 6.07) is 19.5. The van der Waals surface area contributed by atoms with Crippen molar-refractivity contribution in [2.75, 3.05) is 22.5 Å². The van der Waals surface area contributed by atoms with Gasteiger partial charge in [0.15, 0.2) is 0 Å². The van der Waals surface area contributed by atoms with E-state index in [0.29, 0.717) is 18.7 Å². The summed E-state index contributed by atoms with van der Waals surface area (Å²) in [6.45, 7) is 0.637. The second-order valence-corrected chi connectivity index (χ2v) is 9.43. The maximum Gasteiger partial charge on any atom is 0.326 e. The minimum atomic E-state index is -0.175. The standard InChI is InChI=1S/C26H26N4O2S/c31-24(29-22-8-3-6-19-5-1-2-7-21(19)22)17-18-10-12-20(13-11-18)28-26(32)30-15-16-33-25-23(30)9-4-14-27-25/h1-2,4-5,7,9-14,22H,3,6,8,15-17H2,(H,28,32)(H,29,31)/t22-/m1/s1. The Labute approximate surface area is 197 Å². The Bertz CT molecular complexity index is 1160. The minimum Gasteiger partial charge on any atom is -0.349 e. The fraction of sp³-hybridized carbons (Fsp3) is 0.269. The summed E-state index contributed by atoms with van der Waals surface area (Å²) in [4.78, 5) is 31.6. The van der Waals surface area contributed by atoms with Gasteiger partial charge in [0.1, 0.15) is 5.03 Å². The predicted octanol–water partition coefficient (Wildman–Crippen LogP) is 4.96. The van der Waals surface area contributed by atoms with Crippen LogP contribution in [0.5, 0.6) is 0 Å². The largest absolute Gasteiger partial charge is 0.349 e. The number of nitrogens with zero attached hydrogens (tertiary/aromatic N) is 2. The number of benzene rings is 2. The second kappa shape index (κ2) is 9.67. The van der Waals surface area contributed by atoms with Gasteiger partial charge in [-0.15, -0.1) is 11.8 Å². The fourth-order valence-corrected chi connectivity index (χ4v) is 5.42. The molecule has 3 amide bonds. The molecule has 0 saturated carbocycles. The van der Waals surface area contributed by atoms with E-state index in [4.69, 9.17) is 0 Å². The van der Waals surface area contributed by atoms with Crippen molar-refractivity contribution >= 4 is 35.1 Å². The van der Waals surface area contributed by atoms with Crippen LogP contribution in [0.4, 0.5) is 16.2 Å². The summed E-state index contributed by atoms with van der Waals surface area (Å²) in [5, 5.41) is 7.03. The Balaban J connectivity index is 1.18. The van der Waals surface area contributed by atoms with Gasteiger partial charge in [0.25, 0.3) is 0 Å². The quantitative estimate of drug-likeness (QED) is 0.579. The van der Waals surface area contributed by atoms with E-state index in [1.807, 2.05) is 42.5 Å². The molecule has 168 valence electrons. The first-order chi connectivity index (χ1) is 16.2.